The van der Waals surface area contributed by atoms with E-state index >= 15 is 0 Å². The van der Waals surface area contributed by atoms with E-state index in [1.165, 1.54) is 12.3 Å². The third-order valence-electron chi connectivity index (χ3n) is 2.58. The second-order valence-electron chi connectivity index (χ2n) is 3.66. The molecule has 0 aliphatic carbocycles. The van der Waals surface area contributed by atoms with Gasteiger partial charge in [0.2, 0.25) is 0 Å². The summed E-state index contributed by atoms with van der Waals surface area (Å²) in [6.07, 6.45) is 2.32. The number of carboxylic acids is 1. The number of aromatic nitrogens is 1. The van der Waals surface area contributed by atoms with Gasteiger partial charge in [-0.15, -0.1) is 0 Å². The van der Waals surface area contributed by atoms with Crippen molar-refractivity contribution in [1.82, 2.24) is 4.57 Å². The van der Waals surface area contributed by atoms with Crippen LogP contribution in [-0.2, 0) is 0 Å². The largest absolute Gasteiger partial charge is 0.477 e. The maximum atomic E-state index is 11.4. The summed E-state index contributed by atoms with van der Waals surface area (Å²) in [7, 11) is 0. The summed E-state index contributed by atoms with van der Waals surface area (Å²) in [6.45, 7) is 5.81. The molecule has 0 fully saturated rings. The molecule has 0 radical (unpaired) electrons. The fraction of sp³-hybridized carbons (Fsp3) is 0.455. The number of carboxylic acid groups (broad SMARTS) is 1. The zero-order valence-corrected chi connectivity index (χ0v) is 9.15. The Morgan fingerprint density at radius 2 is 2.20 bits per heavy atom. The van der Waals surface area contributed by atoms with E-state index in [1.807, 2.05) is 18.4 Å². The van der Waals surface area contributed by atoms with E-state index in [0.717, 1.165) is 12.1 Å². The Kier molecular flexibility index (Phi) is 3.29. The standard InChI is InChI=1S/C11H15NO3/c1-4-7(2)12-6-9(11(14)15)10(13)5-8(12)3/h5-7H,4H2,1-3H3,(H,14,15). The van der Waals surface area contributed by atoms with Gasteiger partial charge in [-0.05, 0) is 20.3 Å². The lowest BCUT2D eigenvalue weighted by Gasteiger charge is -2.17. The average molecular weight is 209 g/mol. The fourth-order valence-corrected chi connectivity index (χ4v) is 1.48. The van der Waals surface area contributed by atoms with Crippen molar-refractivity contribution in [2.24, 2.45) is 0 Å². The zero-order chi connectivity index (χ0) is 11.6. The summed E-state index contributed by atoms with van der Waals surface area (Å²) in [5.41, 5.74) is 0.194. The van der Waals surface area contributed by atoms with Crippen LogP contribution in [-0.4, -0.2) is 15.6 Å². The molecular weight excluding hydrogens is 194 g/mol. The van der Waals surface area contributed by atoms with E-state index in [0.29, 0.717) is 0 Å². The number of pyridine rings is 1. The lowest BCUT2D eigenvalue weighted by Crippen LogP contribution is -2.20. The fourth-order valence-electron chi connectivity index (χ4n) is 1.48. The Labute approximate surface area is 88.2 Å². The van der Waals surface area contributed by atoms with Crippen LogP contribution in [0.1, 0.15) is 42.4 Å². The summed E-state index contributed by atoms with van der Waals surface area (Å²) < 4.78 is 1.82. The summed E-state index contributed by atoms with van der Waals surface area (Å²) in [6, 6.07) is 1.57. The predicted molar refractivity (Wildman–Crippen MR) is 57.4 cm³/mol. The topological polar surface area (TPSA) is 59.3 Å². The molecule has 1 N–H and O–H groups in total. The van der Waals surface area contributed by atoms with E-state index in [-0.39, 0.29) is 11.6 Å². The van der Waals surface area contributed by atoms with Crippen LogP contribution in [0, 0.1) is 6.92 Å². The van der Waals surface area contributed by atoms with Crippen LogP contribution in [0.5, 0.6) is 0 Å². The quantitative estimate of drug-likeness (QED) is 0.826. The van der Waals surface area contributed by atoms with Gasteiger partial charge >= 0.3 is 5.97 Å². The highest BCUT2D eigenvalue weighted by molar-refractivity contribution is 5.87. The molecular formula is C11H15NO3. The molecule has 0 amide bonds. The number of hydrogen-bond donors (Lipinski definition) is 1. The Morgan fingerprint density at radius 1 is 1.60 bits per heavy atom. The highest BCUT2D eigenvalue weighted by Gasteiger charge is 2.12. The van der Waals surface area contributed by atoms with E-state index in [4.69, 9.17) is 5.11 Å². The molecule has 0 spiro atoms. The van der Waals surface area contributed by atoms with Crippen molar-refractivity contribution in [3.05, 3.63) is 33.7 Å². The third kappa shape index (κ3) is 2.26. The normalized spacial score (nSPS) is 12.5. The number of carbonyl (C=O) groups is 1. The molecule has 0 saturated carbocycles. The van der Waals surface area contributed by atoms with Crippen LogP contribution in [0.4, 0.5) is 0 Å². The third-order valence-corrected chi connectivity index (χ3v) is 2.58. The number of nitrogens with zero attached hydrogens (tertiary/aromatic N) is 1. The van der Waals surface area contributed by atoms with Gasteiger partial charge in [-0.2, -0.15) is 0 Å². The molecule has 0 aliphatic rings. The first-order chi connectivity index (χ1) is 6.97. The first-order valence-corrected chi connectivity index (χ1v) is 4.93. The van der Waals surface area contributed by atoms with Crippen LogP contribution in [0.25, 0.3) is 0 Å². The highest BCUT2D eigenvalue weighted by atomic mass is 16.4. The van der Waals surface area contributed by atoms with Gasteiger partial charge in [-0.25, -0.2) is 4.79 Å². The highest BCUT2D eigenvalue weighted by Crippen LogP contribution is 2.12. The van der Waals surface area contributed by atoms with Crippen LogP contribution < -0.4 is 5.43 Å². The molecule has 1 aromatic rings. The van der Waals surface area contributed by atoms with E-state index in [1.54, 1.807) is 6.92 Å². The van der Waals surface area contributed by atoms with Gasteiger partial charge in [0.05, 0.1) is 0 Å². The molecule has 0 saturated heterocycles. The Hall–Kier alpha value is -1.58. The van der Waals surface area contributed by atoms with Gasteiger partial charge < -0.3 is 9.67 Å². The van der Waals surface area contributed by atoms with Gasteiger partial charge in [-0.3, -0.25) is 4.79 Å². The molecule has 1 heterocycles. The maximum Gasteiger partial charge on any atom is 0.341 e. The molecule has 82 valence electrons. The molecule has 1 unspecified atom stereocenters. The summed E-state index contributed by atoms with van der Waals surface area (Å²) in [5, 5.41) is 8.82. The minimum absolute atomic E-state index is 0.166. The molecule has 4 nitrogen and oxygen atoms in total. The predicted octanol–water partition coefficient (Wildman–Crippen LogP) is 1.83. The second-order valence-corrected chi connectivity index (χ2v) is 3.66. The van der Waals surface area contributed by atoms with Crippen LogP contribution in [0.3, 0.4) is 0 Å². The minimum Gasteiger partial charge on any atom is -0.477 e. The molecule has 0 bridgehead atoms. The smallest absolute Gasteiger partial charge is 0.341 e. The average Bonchev–Trinajstić information content (AvgIpc) is 2.16. The molecule has 1 atom stereocenters. The van der Waals surface area contributed by atoms with Crippen molar-refractivity contribution in [2.75, 3.05) is 0 Å². The van der Waals surface area contributed by atoms with Gasteiger partial charge in [0.15, 0.2) is 5.43 Å². The van der Waals surface area contributed by atoms with Gasteiger partial charge in [0.1, 0.15) is 5.56 Å². The van der Waals surface area contributed by atoms with Crippen molar-refractivity contribution in [3.63, 3.8) is 0 Å². The molecule has 1 aromatic heterocycles. The van der Waals surface area contributed by atoms with Crippen molar-refractivity contribution >= 4 is 5.97 Å². The summed E-state index contributed by atoms with van der Waals surface area (Å²) in [5.74, 6) is -1.17. The van der Waals surface area contributed by atoms with Crippen molar-refractivity contribution in [3.8, 4) is 0 Å². The monoisotopic (exact) mass is 209 g/mol. The number of hydrogen-bond acceptors (Lipinski definition) is 2. The molecule has 1 rings (SSSR count). The summed E-state index contributed by atoms with van der Waals surface area (Å²) >= 11 is 0. The van der Waals surface area contributed by atoms with Gasteiger partial charge in [-0.1, -0.05) is 6.92 Å². The lowest BCUT2D eigenvalue weighted by atomic mass is 10.2. The SMILES string of the molecule is CCC(C)n1cc(C(=O)O)c(=O)cc1C. The zero-order valence-electron chi connectivity index (χ0n) is 9.15. The number of rotatable bonds is 3. The molecule has 0 aromatic carbocycles. The number of aryl methyl sites for hydroxylation is 1. The van der Waals surface area contributed by atoms with Crippen LogP contribution in [0.15, 0.2) is 17.1 Å². The van der Waals surface area contributed by atoms with Crippen molar-refractivity contribution in [1.29, 1.82) is 0 Å². The van der Waals surface area contributed by atoms with Crippen molar-refractivity contribution < 1.29 is 9.90 Å². The van der Waals surface area contributed by atoms with Gasteiger partial charge in [0, 0.05) is 24.0 Å². The van der Waals surface area contributed by atoms with Crippen LogP contribution in [0.2, 0.25) is 0 Å². The lowest BCUT2D eigenvalue weighted by molar-refractivity contribution is 0.0694. The maximum absolute atomic E-state index is 11.4. The Bertz CT molecular complexity index is 434. The van der Waals surface area contributed by atoms with E-state index < -0.39 is 11.4 Å². The van der Waals surface area contributed by atoms with Crippen LogP contribution >= 0.6 is 0 Å². The first kappa shape index (κ1) is 11.5. The molecule has 4 heteroatoms. The molecule has 0 aliphatic heterocycles. The first-order valence-electron chi connectivity index (χ1n) is 4.93. The van der Waals surface area contributed by atoms with Gasteiger partial charge in [0.25, 0.3) is 0 Å². The Morgan fingerprint density at radius 3 is 2.67 bits per heavy atom. The Balaban J connectivity index is 3.36. The minimum atomic E-state index is -1.17. The second kappa shape index (κ2) is 4.29. The van der Waals surface area contributed by atoms with Crippen molar-refractivity contribution in [2.45, 2.75) is 33.2 Å². The van der Waals surface area contributed by atoms with E-state index in [9.17, 15) is 9.59 Å². The number of aromatic carboxylic acids is 1. The van der Waals surface area contributed by atoms with E-state index in [2.05, 4.69) is 0 Å². The molecule has 15 heavy (non-hydrogen) atoms. The summed E-state index contributed by atoms with van der Waals surface area (Å²) in [4.78, 5) is 22.1.